The smallest absolute Gasteiger partial charge is 0.388 e. The Morgan fingerprint density at radius 3 is 2.45 bits per heavy atom. The van der Waals surface area contributed by atoms with E-state index >= 15 is 0 Å². The highest BCUT2D eigenvalue weighted by atomic mass is 19.4. The number of amides is 1. The molecule has 0 saturated carbocycles. The number of aromatic nitrogens is 2. The van der Waals surface area contributed by atoms with Crippen LogP contribution in [0.15, 0.2) is 64.5 Å². The van der Waals surface area contributed by atoms with Gasteiger partial charge < -0.3 is 14.8 Å². The second kappa shape index (κ2) is 12.8. The van der Waals surface area contributed by atoms with Gasteiger partial charge in [-0.1, -0.05) is 6.07 Å². The molecule has 3 aromatic rings. The van der Waals surface area contributed by atoms with Gasteiger partial charge in [-0.25, -0.2) is 4.99 Å². The number of pyridine rings is 1. The quantitative estimate of drug-likeness (QED) is 0.352. The predicted molar refractivity (Wildman–Crippen MR) is 160 cm³/mol. The largest absolute Gasteiger partial charge is 0.416 e. The van der Waals surface area contributed by atoms with E-state index < -0.39 is 17.6 Å². The first kappa shape index (κ1) is 30.8. The number of alkyl halides is 3. The molecule has 1 amide bonds. The summed E-state index contributed by atoms with van der Waals surface area (Å²) in [5.74, 6) is 0.0742. The van der Waals surface area contributed by atoms with E-state index in [4.69, 9.17) is 0 Å². The maximum atomic E-state index is 14.0. The topological polar surface area (TPSA) is 74.9 Å². The van der Waals surface area contributed by atoms with E-state index in [1.165, 1.54) is 37.2 Å². The van der Waals surface area contributed by atoms with Gasteiger partial charge >= 0.3 is 6.18 Å². The maximum absolute atomic E-state index is 14.0. The number of piperidine rings is 1. The van der Waals surface area contributed by atoms with E-state index in [2.05, 4.69) is 15.2 Å². The normalized spacial score (nSPS) is 15.4. The summed E-state index contributed by atoms with van der Waals surface area (Å²) in [7, 11) is 6.73. The summed E-state index contributed by atoms with van der Waals surface area (Å²) < 4.78 is 45.4. The average molecular weight is 583 g/mol. The molecular formula is C31H37F3N6O2. The lowest BCUT2D eigenvalue weighted by Gasteiger charge is -2.33. The van der Waals surface area contributed by atoms with Gasteiger partial charge in [0.25, 0.3) is 11.5 Å². The summed E-state index contributed by atoms with van der Waals surface area (Å²) in [6.45, 7) is 3.81. The van der Waals surface area contributed by atoms with Crippen molar-refractivity contribution in [1.82, 2.24) is 18.9 Å². The average Bonchev–Trinajstić information content (AvgIpc) is 3.30. The Bertz CT molecular complexity index is 1540. The van der Waals surface area contributed by atoms with Crippen LogP contribution in [0.1, 0.15) is 52.9 Å². The molecule has 1 aromatic carbocycles. The van der Waals surface area contributed by atoms with Crippen LogP contribution in [0.4, 0.5) is 24.7 Å². The summed E-state index contributed by atoms with van der Waals surface area (Å²) in [5, 5.41) is 2.94. The Kier molecular flexibility index (Phi) is 9.40. The number of likely N-dealkylation sites (tertiary alicyclic amines) is 1. The molecule has 0 aliphatic carbocycles. The first-order valence-electron chi connectivity index (χ1n) is 13.8. The van der Waals surface area contributed by atoms with Gasteiger partial charge in [-0.05, 0) is 80.7 Å². The Morgan fingerprint density at radius 1 is 1.12 bits per heavy atom. The molecule has 1 aliphatic heterocycles. The third kappa shape index (κ3) is 7.02. The number of hydrogen-bond donors (Lipinski definition) is 1. The summed E-state index contributed by atoms with van der Waals surface area (Å²) in [5.41, 5.74) is 1.97. The minimum Gasteiger partial charge on any atom is -0.388 e. The lowest BCUT2D eigenvalue weighted by atomic mass is 9.85. The number of anilines is 1. The maximum Gasteiger partial charge on any atom is 0.416 e. The van der Waals surface area contributed by atoms with Crippen LogP contribution in [0.25, 0.3) is 5.70 Å². The van der Waals surface area contributed by atoms with Crippen molar-refractivity contribution in [2.75, 3.05) is 39.5 Å². The van der Waals surface area contributed by atoms with Crippen LogP contribution in [-0.2, 0) is 19.8 Å². The van der Waals surface area contributed by atoms with Gasteiger partial charge in [-0.2, -0.15) is 13.2 Å². The lowest BCUT2D eigenvalue weighted by Crippen LogP contribution is -2.33. The van der Waals surface area contributed by atoms with Gasteiger partial charge in [0.2, 0.25) is 0 Å². The van der Waals surface area contributed by atoms with E-state index in [0.717, 1.165) is 29.0 Å². The number of rotatable bonds is 8. The number of nitrogens with one attached hydrogen (secondary N) is 1. The molecule has 1 aliphatic rings. The number of benzene rings is 1. The second-order valence-corrected chi connectivity index (χ2v) is 10.8. The Morgan fingerprint density at radius 2 is 1.83 bits per heavy atom. The molecule has 0 radical (unpaired) electrons. The molecule has 0 atom stereocenters. The van der Waals surface area contributed by atoms with E-state index in [0.29, 0.717) is 32.5 Å². The van der Waals surface area contributed by atoms with Crippen LogP contribution >= 0.6 is 0 Å². The Balaban J connectivity index is 1.40. The molecule has 11 heteroatoms. The van der Waals surface area contributed by atoms with Gasteiger partial charge in [-0.15, -0.1) is 0 Å². The van der Waals surface area contributed by atoms with Gasteiger partial charge in [-0.3, -0.25) is 19.1 Å². The molecule has 3 heterocycles. The van der Waals surface area contributed by atoms with Crippen LogP contribution in [0.3, 0.4) is 0 Å². The van der Waals surface area contributed by atoms with Crippen molar-refractivity contribution >= 4 is 29.3 Å². The molecule has 224 valence electrons. The third-order valence-electron chi connectivity index (χ3n) is 7.73. The lowest BCUT2D eigenvalue weighted by molar-refractivity contribution is -0.138. The van der Waals surface area contributed by atoms with E-state index in [-0.39, 0.29) is 22.6 Å². The zero-order valence-corrected chi connectivity index (χ0v) is 24.6. The fourth-order valence-electron chi connectivity index (χ4n) is 5.24. The van der Waals surface area contributed by atoms with E-state index in [1.807, 2.05) is 36.7 Å². The van der Waals surface area contributed by atoms with E-state index in [9.17, 15) is 22.8 Å². The first-order chi connectivity index (χ1) is 19.9. The first-order valence-corrected chi connectivity index (χ1v) is 13.8. The fourth-order valence-corrected chi connectivity index (χ4v) is 5.24. The molecule has 1 saturated heterocycles. The summed E-state index contributed by atoms with van der Waals surface area (Å²) in [4.78, 5) is 32.6. The van der Waals surface area contributed by atoms with Crippen molar-refractivity contribution in [2.45, 2.75) is 38.4 Å². The number of carbonyl (C=O) groups excluding carboxylic acids is 1. The van der Waals surface area contributed by atoms with E-state index in [1.54, 1.807) is 30.1 Å². The van der Waals surface area contributed by atoms with Gasteiger partial charge in [0.1, 0.15) is 5.82 Å². The van der Waals surface area contributed by atoms with Crippen LogP contribution in [-0.4, -0.2) is 65.3 Å². The van der Waals surface area contributed by atoms with Crippen molar-refractivity contribution in [3.8, 4) is 0 Å². The molecule has 1 fully saturated rings. The molecule has 0 spiro atoms. The standard InChI is InChI=1S/C31H37F3N6O2/c1-21(40-17-13-24(35-2)19-29(40)41)10-14-36-28-9-7-25(38(28)5)20-39-15-11-22(12-16-39)26-8-6-23(30(42)37(3)4)18-27(26)31(32,33)34/h6-10,13-14,17-19,22,35H,11-12,15-16,20H2,1-5H3/b21-10+,36-14-. The van der Waals surface area contributed by atoms with Crippen LogP contribution in [0, 0.1) is 0 Å². The van der Waals surface area contributed by atoms with Crippen molar-refractivity contribution in [3.05, 3.63) is 87.5 Å². The number of halogens is 3. The molecule has 1 N–H and O–H groups in total. The summed E-state index contributed by atoms with van der Waals surface area (Å²) in [6.07, 6.45) is 1.80. The predicted octanol–water partition coefficient (Wildman–Crippen LogP) is 5.59. The SMILES string of the molecule is CNc1ccn(/C(C)=C/C=N\c2ccc(CN3CCC(c4ccc(C(=O)N(C)C)cc4C(F)(F)F)CC3)n2C)c(=O)c1. The van der Waals surface area contributed by atoms with Crippen LogP contribution in [0.5, 0.6) is 0 Å². The highest BCUT2D eigenvalue weighted by Gasteiger charge is 2.37. The minimum absolute atomic E-state index is 0.0402. The number of allylic oxidation sites excluding steroid dienone is 2. The minimum atomic E-state index is -4.53. The van der Waals surface area contributed by atoms with Gasteiger partial charge in [0.05, 0.1) is 5.56 Å². The molecule has 0 unspecified atom stereocenters. The van der Waals surface area contributed by atoms with Crippen molar-refractivity contribution in [3.63, 3.8) is 0 Å². The van der Waals surface area contributed by atoms with Crippen molar-refractivity contribution in [1.29, 1.82) is 0 Å². The van der Waals surface area contributed by atoms with Crippen molar-refractivity contribution < 1.29 is 18.0 Å². The zero-order chi connectivity index (χ0) is 30.6. The monoisotopic (exact) mass is 582 g/mol. The highest BCUT2D eigenvalue weighted by molar-refractivity contribution is 5.94. The summed E-state index contributed by atoms with van der Waals surface area (Å²) in [6, 6.07) is 11.2. The number of hydrogen-bond acceptors (Lipinski definition) is 5. The summed E-state index contributed by atoms with van der Waals surface area (Å²) >= 11 is 0. The number of aliphatic imine (C=N–C) groups is 1. The number of nitrogens with zero attached hydrogens (tertiary/aromatic N) is 5. The molecule has 2 aromatic heterocycles. The zero-order valence-electron chi connectivity index (χ0n) is 24.6. The molecule has 0 bridgehead atoms. The van der Waals surface area contributed by atoms with Gasteiger partial charge in [0, 0.05) is 75.9 Å². The van der Waals surface area contributed by atoms with Crippen LogP contribution in [0.2, 0.25) is 0 Å². The van der Waals surface area contributed by atoms with Crippen LogP contribution < -0.4 is 10.9 Å². The number of carbonyl (C=O) groups is 1. The molecule has 8 nitrogen and oxygen atoms in total. The Hall–Kier alpha value is -4.12. The highest BCUT2D eigenvalue weighted by Crippen LogP contribution is 2.39. The van der Waals surface area contributed by atoms with Crippen molar-refractivity contribution in [2.24, 2.45) is 12.0 Å². The Labute approximate surface area is 243 Å². The molecule has 42 heavy (non-hydrogen) atoms. The fraction of sp³-hybridized carbons (Fsp3) is 0.387. The molecular weight excluding hydrogens is 545 g/mol. The van der Waals surface area contributed by atoms with Gasteiger partial charge in [0.15, 0.2) is 0 Å². The second-order valence-electron chi connectivity index (χ2n) is 10.8. The molecule has 4 rings (SSSR count). The third-order valence-corrected chi connectivity index (χ3v) is 7.73.